The smallest absolute Gasteiger partial charge is 0.264 e. The number of hydrogen-bond donors (Lipinski definition) is 1. The number of aryl methyl sites for hydroxylation is 1. The van der Waals surface area contributed by atoms with Gasteiger partial charge in [0.25, 0.3) is 10.0 Å². The van der Waals surface area contributed by atoms with E-state index in [0.717, 1.165) is 27.4 Å². The molecule has 0 aliphatic carbocycles. The zero-order valence-electron chi connectivity index (χ0n) is 26.2. The number of anilines is 1. The van der Waals surface area contributed by atoms with Crippen LogP contribution in [0, 0.1) is 0 Å². The van der Waals surface area contributed by atoms with E-state index in [9.17, 15) is 18.0 Å². The van der Waals surface area contributed by atoms with E-state index in [4.69, 9.17) is 4.74 Å². The van der Waals surface area contributed by atoms with E-state index in [0.29, 0.717) is 11.4 Å². The second kappa shape index (κ2) is 15.4. The number of carbonyl (C=O) groups is 2. The lowest BCUT2D eigenvalue weighted by molar-refractivity contribution is -0.140. The molecule has 0 aliphatic rings. The van der Waals surface area contributed by atoms with Gasteiger partial charge in [0.2, 0.25) is 11.8 Å². The van der Waals surface area contributed by atoms with Gasteiger partial charge in [-0.1, -0.05) is 79.7 Å². The Morgan fingerprint density at radius 1 is 0.800 bits per heavy atom. The summed E-state index contributed by atoms with van der Waals surface area (Å²) in [7, 11) is -2.58. The molecular formula is C36H41N3O5S. The van der Waals surface area contributed by atoms with Crippen molar-refractivity contribution in [3.8, 4) is 5.75 Å². The molecule has 4 aromatic carbocycles. The van der Waals surface area contributed by atoms with Crippen LogP contribution in [0.5, 0.6) is 5.75 Å². The van der Waals surface area contributed by atoms with Crippen LogP contribution in [0.25, 0.3) is 0 Å². The number of ether oxygens (including phenoxy) is 1. The van der Waals surface area contributed by atoms with Crippen molar-refractivity contribution >= 4 is 27.5 Å². The van der Waals surface area contributed by atoms with Crippen molar-refractivity contribution in [3.05, 3.63) is 126 Å². The average molecular weight is 628 g/mol. The first kappa shape index (κ1) is 33.3. The number of benzene rings is 4. The molecule has 0 saturated carbocycles. The van der Waals surface area contributed by atoms with Gasteiger partial charge in [0.15, 0.2) is 0 Å². The monoisotopic (exact) mass is 627 g/mol. The lowest BCUT2D eigenvalue weighted by Crippen LogP contribution is -2.54. The number of hydrogen-bond acceptors (Lipinski definition) is 5. The molecule has 1 N–H and O–H groups in total. The molecule has 9 heteroatoms. The average Bonchev–Trinajstić information content (AvgIpc) is 3.05. The fraction of sp³-hybridized carbons (Fsp3) is 0.278. The maximum Gasteiger partial charge on any atom is 0.264 e. The molecule has 4 aromatic rings. The molecule has 0 aromatic heterocycles. The Kier molecular flexibility index (Phi) is 11.4. The van der Waals surface area contributed by atoms with E-state index < -0.39 is 28.5 Å². The summed E-state index contributed by atoms with van der Waals surface area (Å²) < 4.78 is 34.7. The molecule has 0 bridgehead atoms. The van der Waals surface area contributed by atoms with Crippen LogP contribution in [0.4, 0.5) is 5.69 Å². The van der Waals surface area contributed by atoms with Crippen LogP contribution in [0.2, 0.25) is 0 Å². The molecule has 236 valence electrons. The van der Waals surface area contributed by atoms with Crippen molar-refractivity contribution in [1.82, 2.24) is 10.2 Å². The summed E-state index contributed by atoms with van der Waals surface area (Å²) in [5.74, 6) is -0.234. The first-order chi connectivity index (χ1) is 21.6. The largest absolute Gasteiger partial charge is 0.497 e. The Morgan fingerprint density at radius 2 is 1.42 bits per heavy atom. The van der Waals surface area contributed by atoms with Gasteiger partial charge >= 0.3 is 0 Å². The van der Waals surface area contributed by atoms with Gasteiger partial charge in [-0.2, -0.15) is 0 Å². The van der Waals surface area contributed by atoms with E-state index in [1.807, 2.05) is 81.4 Å². The van der Waals surface area contributed by atoms with Gasteiger partial charge in [0.05, 0.1) is 17.7 Å². The first-order valence-electron chi connectivity index (χ1n) is 15.1. The minimum absolute atomic E-state index is 0.0625. The molecule has 4 rings (SSSR count). The standard InChI is InChI=1S/C36H41N3O5S/c1-5-28-19-21-31(22-20-28)39(45(42,43)33-17-10-7-11-18-33)26-35(40)38(25-30-15-12-16-32(23-30)44-4)34(36(41)37-27(2)3)24-29-13-8-6-9-14-29/h6-23,27,34H,5,24-26H2,1-4H3,(H,37,41). The third kappa shape index (κ3) is 8.73. The molecule has 1 unspecified atom stereocenters. The van der Waals surface area contributed by atoms with Crippen molar-refractivity contribution in [1.29, 1.82) is 0 Å². The lowest BCUT2D eigenvalue weighted by Gasteiger charge is -2.34. The molecule has 0 aliphatic heterocycles. The fourth-order valence-electron chi connectivity index (χ4n) is 5.05. The summed E-state index contributed by atoms with van der Waals surface area (Å²) in [6, 6.07) is 30.9. The predicted octanol–water partition coefficient (Wildman–Crippen LogP) is 5.62. The first-order valence-corrected chi connectivity index (χ1v) is 16.5. The van der Waals surface area contributed by atoms with Crippen molar-refractivity contribution in [2.75, 3.05) is 18.0 Å². The van der Waals surface area contributed by atoms with Crippen molar-refractivity contribution in [3.63, 3.8) is 0 Å². The number of amides is 2. The van der Waals surface area contributed by atoms with Gasteiger partial charge in [0.1, 0.15) is 18.3 Å². The number of nitrogens with zero attached hydrogens (tertiary/aromatic N) is 2. The van der Waals surface area contributed by atoms with Gasteiger partial charge in [-0.15, -0.1) is 0 Å². The minimum atomic E-state index is -4.14. The molecule has 0 fully saturated rings. The van der Waals surface area contributed by atoms with Crippen LogP contribution in [0.3, 0.4) is 0 Å². The fourth-order valence-corrected chi connectivity index (χ4v) is 6.48. The summed E-state index contributed by atoms with van der Waals surface area (Å²) >= 11 is 0. The molecule has 8 nitrogen and oxygen atoms in total. The highest BCUT2D eigenvalue weighted by Crippen LogP contribution is 2.26. The van der Waals surface area contributed by atoms with Gasteiger partial charge in [-0.3, -0.25) is 13.9 Å². The summed E-state index contributed by atoms with van der Waals surface area (Å²) in [5.41, 5.74) is 3.00. The SMILES string of the molecule is CCc1ccc(N(CC(=O)N(Cc2cccc(OC)c2)C(Cc2ccccc2)C(=O)NC(C)C)S(=O)(=O)c2ccccc2)cc1. The molecule has 2 amide bonds. The second-order valence-corrected chi connectivity index (χ2v) is 12.9. The zero-order chi connectivity index (χ0) is 32.4. The third-order valence-corrected chi connectivity index (χ3v) is 9.22. The van der Waals surface area contributed by atoms with Gasteiger partial charge in [-0.25, -0.2) is 8.42 Å². The van der Waals surface area contributed by atoms with E-state index in [1.54, 1.807) is 43.5 Å². The molecule has 0 saturated heterocycles. The van der Waals surface area contributed by atoms with Gasteiger partial charge in [0, 0.05) is 19.0 Å². The second-order valence-electron chi connectivity index (χ2n) is 11.1. The number of rotatable bonds is 14. The molecule has 0 heterocycles. The van der Waals surface area contributed by atoms with Crippen molar-refractivity contribution in [2.24, 2.45) is 0 Å². The summed E-state index contributed by atoms with van der Waals surface area (Å²) in [5, 5.41) is 2.97. The number of sulfonamides is 1. The van der Waals surface area contributed by atoms with Crippen LogP contribution >= 0.6 is 0 Å². The normalized spacial score (nSPS) is 11.9. The lowest BCUT2D eigenvalue weighted by atomic mass is 10.0. The highest BCUT2D eigenvalue weighted by molar-refractivity contribution is 7.92. The van der Waals surface area contributed by atoms with E-state index >= 15 is 0 Å². The van der Waals surface area contributed by atoms with Crippen LogP contribution < -0.4 is 14.4 Å². The number of carbonyl (C=O) groups excluding carboxylic acids is 2. The number of methoxy groups -OCH3 is 1. The van der Waals surface area contributed by atoms with Crippen LogP contribution in [0.1, 0.15) is 37.5 Å². The van der Waals surface area contributed by atoms with Crippen molar-refractivity contribution in [2.45, 2.75) is 57.1 Å². The predicted molar refractivity (Wildman–Crippen MR) is 178 cm³/mol. The zero-order valence-corrected chi connectivity index (χ0v) is 27.0. The number of nitrogens with one attached hydrogen (secondary N) is 1. The highest BCUT2D eigenvalue weighted by atomic mass is 32.2. The maximum absolute atomic E-state index is 14.5. The van der Waals surface area contributed by atoms with E-state index in [1.165, 1.54) is 17.0 Å². The molecular weight excluding hydrogens is 586 g/mol. The van der Waals surface area contributed by atoms with E-state index in [2.05, 4.69) is 5.32 Å². The summed E-state index contributed by atoms with van der Waals surface area (Å²) in [4.78, 5) is 29.9. The third-order valence-electron chi connectivity index (χ3n) is 7.43. The minimum Gasteiger partial charge on any atom is -0.497 e. The Labute approximate surface area is 266 Å². The maximum atomic E-state index is 14.5. The molecule has 0 radical (unpaired) electrons. The Balaban J connectivity index is 1.81. The van der Waals surface area contributed by atoms with Gasteiger partial charge < -0.3 is 15.0 Å². The quantitative estimate of drug-likeness (QED) is 0.196. The Bertz CT molecular complexity index is 1660. The molecule has 45 heavy (non-hydrogen) atoms. The Hall–Kier alpha value is -4.63. The van der Waals surface area contributed by atoms with Crippen LogP contribution in [-0.2, 0) is 39.0 Å². The highest BCUT2D eigenvalue weighted by Gasteiger charge is 2.34. The van der Waals surface area contributed by atoms with Crippen molar-refractivity contribution < 1.29 is 22.7 Å². The van der Waals surface area contributed by atoms with Crippen LogP contribution in [0.15, 0.2) is 114 Å². The Morgan fingerprint density at radius 3 is 2.02 bits per heavy atom. The molecule has 0 spiro atoms. The summed E-state index contributed by atoms with van der Waals surface area (Å²) in [6.07, 6.45) is 1.02. The molecule has 1 atom stereocenters. The van der Waals surface area contributed by atoms with E-state index in [-0.39, 0.29) is 29.8 Å². The summed E-state index contributed by atoms with van der Waals surface area (Å²) in [6.45, 7) is 5.29. The van der Waals surface area contributed by atoms with Crippen LogP contribution in [-0.4, -0.2) is 50.9 Å². The van der Waals surface area contributed by atoms with Gasteiger partial charge in [-0.05, 0) is 73.4 Å². The topological polar surface area (TPSA) is 96.0 Å².